The summed E-state index contributed by atoms with van der Waals surface area (Å²) in [6.07, 6.45) is 4.09. The highest BCUT2D eigenvalue weighted by atomic mass is 32.2. The SMILES string of the molecule is CC(C)C1=[S-](=O)c2cc3ccccc3cc2C=C1.O=P. The lowest BCUT2D eigenvalue weighted by Gasteiger charge is -2.23. The van der Waals surface area contributed by atoms with Crippen LogP contribution in [0, 0.1) is 5.92 Å². The molecule has 4 heteroatoms. The lowest BCUT2D eigenvalue weighted by atomic mass is 10.0. The van der Waals surface area contributed by atoms with Gasteiger partial charge in [-0.2, -0.15) is 0 Å². The molecular formula is C16H16O2PS-. The van der Waals surface area contributed by atoms with Gasteiger partial charge in [-0.3, -0.25) is 4.57 Å². The Hall–Kier alpha value is -1.44. The fraction of sp³-hybridized carbons (Fsp3) is 0.188. The van der Waals surface area contributed by atoms with Crippen LogP contribution in [0.2, 0.25) is 0 Å². The van der Waals surface area contributed by atoms with Crippen LogP contribution in [-0.4, -0.2) is 4.86 Å². The normalized spacial score (nSPS) is 14.1. The van der Waals surface area contributed by atoms with Gasteiger partial charge in [0, 0.05) is 0 Å². The first-order valence-electron chi connectivity index (χ1n) is 6.37. The molecule has 2 aromatic rings. The third-order valence-electron chi connectivity index (χ3n) is 3.29. The third-order valence-corrected chi connectivity index (χ3v) is 5.08. The van der Waals surface area contributed by atoms with Crippen molar-refractivity contribution >= 4 is 41.2 Å². The molecule has 0 unspecified atom stereocenters. The van der Waals surface area contributed by atoms with Crippen molar-refractivity contribution in [2.24, 2.45) is 5.92 Å². The molecule has 0 radical (unpaired) electrons. The second kappa shape index (κ2) is 6.34. The molecular weight excluding hydrogens is 287 g/mol. The van der Waals surface area contributed by atoms with Crippen molar-refractivity contribution in [1.82, 2.24) is 0 Å². The van der Waals surface area contributed by atoms with E-state index in [-0.39, 0.29) is 0 Å². The average molecular weight is 303 g/mol. The first-order chi connectivity index (χ1) is 9.66. The first-order valence-corrected chi connectivity index (χ1v) is 7.92. The Labute approximate surface area is 123 Å². The Balaban J connectivity index is 0.000000704. The predicted molar refractivity (Wildman–Crippen MR) is 88.1 cm³/mol. The summed E-state index contributed by atoms with van der Waals surface area (Å²) in [5, 5.41) is 2.36. The Morgan fingerprint density at radius 1 is 1.00 bits per heavy atom. The van der Waals surface area contributed by atoms with E-state index < -0.39 is 10.4 Å². The maximum absolute atomic E-state index is 12.5. The van der Waals surface area contributed by atoms with Crippen LogP contribution in [0.25, 0.3) is 16.8 Å². The van der Waals surface area contributed by atoms with Gasteiger partial charge in [-0.1, -0.05) is 56.3 Å². The largest absolute Gasteiger partial charge is 0.457 e. The minimum Gasteiger partial charge on any atom is -0.457 e. The Kier molecular flexibility index (Phi) is 4.74. The van der Waals surface area contributed by atoms with Gasteiger partial charge in [0.1, 0.15) is 9.12 Å². The number of hydrogen-bond acceptors (Lipinski definition) is 3. The molecule has 0 aliphatic carbocycles. The van der Waals surface area contributed by atoms with E-state index in [0.717, 1.165) is 20.7 Å². The Bertz CT molecular complexity index is 756. The van der Waals surface area contributed by atoms with Crippen LogP contribution in [-0.2, 0) is 19.2 Å². The van der Waals surface area contributed by atoms with Crippen LogP contribution in [0.3, 0.4) is 0 Å². The molecule has 0 N–H and O–H groups in total. The minimum atomic E-state index is -1.01. The Morgan fingerprint density at radius 3 is 2.20 bits per heavy atom. The van der Waals surface area contributed by atoms with Crippen molar-refractivity contribution in [2.75, 3.05) is 0 Å². The second-order valence-electron chi connectivity index (χ2n) is 4.90. The molecule has 0 saturated carbocycles. The number of benzene rings is 2. The zero-order chi connectivity index (χ0) is 14.7. The maximum atomic E-state index is 12.5. The van der Waals surface area contributed by atoms with E-state index in [4.69, 9.17) is 4.57 Å². The van der Waals surface area contributed by atoms with Crippen molar-refractivity contribution < 1.29 is 8.77 Å². The quantitative estimate of drug-likeness (QED) is 0.442. The van der Waals surface area contributed by atoms with E-state index >= 15 is 0 Å². The zero-order valence-corrected chi connectivity index (χ0v) is 13.2. The Morgan fingerprint density at radius 2 is 1.60 bits per heavy atom. The zero-order valence-electron chi connectivity index (χ0n) is 11.4. The summed E-state index contributed by atoms with van der Waals surface area (Å²) < 4.78 is 20.6. The molecule has 2 nitrogen and oxygen atoms in total. The van der Waals surface area contributed by atoms with Crippen LogP contribution in [0.4, 0.5) is 0 Å². The van der Waals surface area contributed by atoms with Crippen LogP contribution in [0.5, 0.6) is 0 Å². The van der Waals surface area contributed by atoms with Gasteiger partial charge in [0.15, 0.2) is 0 Å². The molecule has 0 amide bonds. The molecule has 20 heavy (non-hydrogen) atoms. The first kappa shape index (κ1) is 15.0. The van der Waals surface area contributed by atoms with E-state index in [1.165, 1.54) is 5.39 Å². The van der Waals surface area contributed by atoms with Crippen molar-refractivity contribution in [2.45, 2.75) is 18.7 Å². The van der Waals surface area contributed by atoms with Crippen LogP contribution in [0.15, 0.2) is 47.4 Å². The number of allylic oxidation sites excluding steroid dienone is 1. The second-order valence-corrected chi connectivity index (χ2v) is 6.35. The number of fused-ring (bicyclic) bond motifs is 2. The topological polar surface area (TPSA) is 34.1 Å². The fourth-order valence-electron chi connectivity index (χ4n) is 2.30. The minimum absolute atomic E-state index is 0.321. The van der Waals surface area contributed by atoms with Gasteiger partial charge in [-0.15, -0.1) is 9.76 Å². The summed E-state index contributed by atoms with van der Waals surface area (Å²) in [7, 11) is 0.713. The van der Waals surface area contributed by atoms with Gasteiger partial charge in [0.2, 0.25) is 0 Å². The molecule has 104 valence electrons. The predicted octanol–water partition coefficient (Wildman–Crippen LogP) is 4.49. The van der Waals surface area contributed by atoms with E-state index in [0.29, 0.717) is 5.92 Å². The lowest BCUT2D eigenvalue weighted by Crippen LogP contribution is -2.11. The highest BCUT2D eigenvalue weighted by molar-refractivity contribution is 7.85. The summed E-state index contributed by atoms with van der Waals surface area (Å²) in [5.41, 5.74) is 1.08. The monoisotopic (exact) mass is 303 g/mol. The number of hydrogen-bond donors (Lipinski definition) is 0. The average Bonchev–Trinajstić information content (AvgIpc) is 2.48. The van der Waals surface area contributed by atoms with Gasteiger partial charge in [-0.05, 0) is 28.3 Å². The van der Waals surface area contributed by atoms with E-state index in [1.54, 1.807) is 9.12 Å². The van der Waals surface area contributed by atoms with Crippen molar-refractivity contribution in [3.63, 3.8) is 0 Å². The molecule has 0 bridgehead atoms. The van der Waals surface area contributed by atoms with Gasteiger partial charge in [0.25, 0.3) is 0 Å². The molecule has 1 heterocycles. The summed E-state index contributed by atoms with van der Waals surface area (Å²) in [5.74, 6) is 0.321. The van der Waals surface area contributed by atoms with Gasteiger partial charge in [0.05, 0.1) is 0 Å². The number of rotatable bonds is 1. The molecule has 0 atom stereocenters. The van der Waals surface area contributed by atoms with Crippen molar-refractivity contribution in [1.29, 1.82) is 0 Å². The molecule has 0 fully saturated rings. The summed E-state index contributed by atoms with van der Waals surface area (Å²) in [4.78, 5) is 1.96. The lowest BCUT2D eigenvalue weighted by molar-refractivity contribution is 0.602. The molecule has 1 aliphatic heterocycles. The van der Waals surface area contributed by atoms with Crippen molar-refractivity contribution in [3.8, 4) is 0 Å². The standard InChI is InChI=1S/C16H15OS.HOP/c1-11(2)15-8-7-14-9-12-5-3-4-6-13(12)10-16(14)18(15)17;1-2/h3-11H,1-2H3;2H/q-1;. The van der Waals surface area contributed by atoms with Crippen LogP contribution in [0.1, 0.15) is 19.4 Å². The van der Waals surface area contributed by atoms with Gasteiger partial charge < -0.3 is 4.21 Å². The molecule has 2 aromatic carbocycles. The maximum Gasteiger partial charge on any atom is 0.138 e. The molecule has 0 saturated heterocycles. The van der Waals surface area contributed by atoms with Crippen LogP contribution < -0.4 is 0 Å². The highest BCUT2D eigenvalue weighted by Gasteiger charge is 2.05. The van der Waals surface area contributed by atoms with E-state index in [9.17, 15) is 4.21 Å². The molecule has 0 aromatic heterocycles. The van der Waals surface area contributed by atoms with Crippen LogP contribution >= 0.6 is 9.12 Å². The highest BCUT2D eigenvalue weighted by Crippen LogP contribution is 2.26. The van der Waals surface area contributed by atoms with Crippen molar-refractivity contribution in [3.05, 3.63) is 48.0 Å². The van der Waals surface area contributed by atoms with E-state index in [1.807, 2.05) is 18.2 Å². The summed E-state index contributed by atoms with van der Waals surface area (Å²) >= 11 is 0. The third kappa shape index (κ3) is 2.70. The summed E-state index contributed by atoms with van der Waals surface area (Å²) in [6, 6.07) is 12.4. The smallest absolute Gasteiger partial charge is 0.138 e. The van der Waals surface area contributed by atoms with Gasteiger partial charge in [-0.25, -0.2) is 10.4 Å². The summed E-state index contributed by atoms with van der Waals surface area (Å²) in [6.45, 7) is 4.17. The fourth-order valence-corrected chi connectivity index (χ4v) is 3.74. The molecule has 1 aliphatic rings. The van der Waals surface area contributed by atoms with Gasteiger partial charge >= 0.3 is 0 Å². The molecule has 0 spiro atoms. The molecule has 3 rings (SSSR count). The van der Waals surface area contributed by atoms with E-state index in [2.05, 4.69) is 44.2 Å².